The van der Waals surface area contributed by atoms with Crippen molar-refractivity contribution in [2.45, 2.75) is 13.0 Å². The number of carbonyl (C=O) groups excluding carboxylic acids is 2. The predicted molar refractivity (Wildman–Crippen MR) is 101 cm³/mol. The van der Waals surface area contributed by atoms with Crippen molar-refractivity contribution in [1.29, 1.82) is 0 Å². The quantitative estimate of drug-likeness (QED) is 0.676. The molecular weight excluding hydrogens is 370 g/mol. The molecule has 0 saturated heterocycles. The van der Waals surface area contributed by atoms with Crippen molar-refractivity contribution in [1.82, 2.24) is 9.97 Å². The lowest BCUT2D eigenvalue weighted by Crippen LogP contribution is -2.30. The summed E-state index contributed by atoms with van der Waals surface area (Å²) in [6, 6.07) is 9.63. The van der Waals surface area contributed by atoms with E-state index in [1.54, 1.807) is 42.6 Å². The minimum Gasteiger partial charge on any atom is -0.495 e. The van der Waals surface area contributed by atoms with Crippen molar-refractivity contribution in [3.8, 4) is 5.75 Å². The van der Waals surface area contributed by atoms with E-state index in [1.165, 1.54) is 20.2 Å². The van der Waals surface area contributed by atoms with Crippen LogP contribution in [0.15, 0.2) is 48.8 Å². The summed E-state index contributed by atoms with van der Waals surface area (Å²) in [4.78, 5) is 32.9. The maximum Gasteiger partial charge on any atom is 0.338 e. The van der Waals surface area contributed by atoms with Crippen molar-refractivity contribution >= 4 is 40.2 Å². The predicted octanol–water partition coefficient (Wildman–Crippen LogP) is 3.48. The van der Waals surface area contributed by atoms with Gasteiger partial charge in [-0.1, -0.05) is 11.6 Å². The van der Waals surface area contributed by atoms with E-state index in [2.05, 4.69) is 15.3 Å². The molecule has 1 aromatic heterocycles. The molecule has 1 amide bonds. The summed E-state index contributed by atoms with van der Waals surface area (Å²) in [7, 11) is 1.50. The Bertz CT molecular complexity index is 1010. The summed E-state index contributed by atoms with van der Waals surface area (Å²) in [6.45, 7) is 1.49. The number of carbonyl (C=O) groups is 2. The van der Waals surface area contributed by atoms with Crippen LogP contribution >= 0.6 is 11.6 Å². The third-order valence-electron chi connectivity index (χ3n) is 3.78. The van der Waals surface area contributed by atoms with Gasteiger partial charge in [0.1, 0.15) is 5.75 Å². The maximum atomic E-state index is 12.3. The number of nitrogens with zero attached hydrogens (tertiary/aromatic N) is 2. The highest BCUT2D eigenvalue weighted by Gasteiger charge is 2.20. The van der Waals surface area contributed by atoms with Crippen LogP contribution in [-0.2, 0) is 9.53 Å². The van der Waals surface area contributed by atoms with Gasteiger partial charge in [-0.2, -0.15) is 0 Å². The molecule has 0 bridgehead atoms. The van der Waals surface area contributed by atoms with E-state index in [0.29, 0.717) is 27.5 Å². The number of aromatic nitrogens is 2. The SMILES string of the molecule is COc1ccc(NC(=O)[C@@H](C)OC(=O)c2ccc3nccnc3c2)cc1Cl. The van der Waals surface area contributed by atoms with Crippen molar-refractivity contribution in [3.63, 3.8) is 0 Å². The number of methoxy groups -OCH3 is 1. The Labute approximate surface area is 160 Å². The van der Waals surface area contributed by atoms with Crippen LogP contribution in [0.1, 0.15) is 17.3 Å². The lowest BCUT2D eigenvalue weighted by molar-refractivity contribution is -0.123. The first-order chi connectivity index (χ1) is 13.0. The van der Waals surface area contributed by atoms with Crippen molar-refractivity contribution in [3.05, 3.63) is 59.4 Å². The van der Waals surface area contributed by atoms with Gasteiger partial charge >= 0.3 is 5.97 Å². The van der Waals surface area contributed by atoms with Crippen LogP contribution in [0, 0.1) is 0 Å². The molecule has 138 valence electrons. The molecule has 0 unspecified atom stereocenters. The number of hydrogen-bond donors (Lipinski definition) is 1. The van der Waals surface area contributed by atoms with Gasteiger partial charge in [-0.15, -0.1) is 0 Å². The molecule has 3 rings (SSSR count). The van der Waals surface area contributed by atoms with E-state index in [4.69, 9.17) is 21.1 Å². The lowest BCUT2D eigenvalue weighted by Gasteiger charge is -2.14. The van der Waals surface area contributed by atoms with Crippen molar-refractivity contribution < 1.29 is 19.1 Å². The molecule has 1 N–H and O–H groups in total. The molecule has 0 radical (unpaired) electrons. The number of rotatable bonds is 5. The second-order valence-electron chi connectivity index (χ2n) is 5.65. The van der Waals surface area contributed by atoms with E-state index in [1.807, 2.05) is 0 Å². The van der Waals surface area contributed by atoms with Gasteiger partial charge < -0.3 is 14.8 Å². The molecule has 7 nitrogen and oxygen atoms in total. The minimum atomic E-state index is -1.00. The van der Waals surface area contributed by atoms with E-state index in [0.717, 1.165) is 0 Å². The van der Waals surface area contributed by atoms with Crippen LogP contribution in [0.3, 0.4) is 0 Å². The summed E-state index contributed by atoms with van der Waals surface area (Å²) in [6.07, 6.45) is 2.10. The van der Waals surface area contributed by atoms with Gasteiger partial charge in [0, 0.05) is 18.1 Å². The zero-order valence-corrected chi connectivity index (χ0v) is 15.4. The van der Waals surface area contributed by atoms with Crippen molar-refractivity contribution in [2.24, 2.45) is 0 Å². The maximum absolute atomic E-state index is 12.3. The van der Waals surface area contributed by atoms with E-state index in [-0.39, 0.29) is 5.56 Å². The standard InChI is InChI=1S/C19H16ClN3O4/c1-11(18(24)23-13-4-6-17(26-2)14(20)10-13)27-19(25)12-3-5-15-16(9-12)22-8-7-21-15/h3-11H,1-2H3,(H,23,24)/t11-/m1/s1. The lowest BCUT2D eigenvalue weighted by atomic mass is 10.2. The average molecular weight is 386 g/mol. The molecule has 27 heavy (non-hydrogen) atoms. The van der Waals surface area contributed by atoms with Crippen LogP contribution in [0.2, 0.25) is 5.02 Å². The normalized spacial score (nSPS) is 11.7. The molecule has 8 heteroatoms. The Morgan fingerprint density at radius 1 is 1.07 bits per heavy atom. The van der Waals surface area contributed by atoms with Gasteiger partial charge in [-0.05, 0) is 43.3 Å². The number of nitrogens with one attached hydrogen (secondary N) is 1. The Morgan fingerprint density at radius 3 is 2.52 bits per heavy atom. The highest BCUT2D eigenvalue weighted by Crippen LogP contribution is 2.27. The summed E-state index contributed by atoms with van der Waals surface area (Å²) < 4.78 is 10.3. The van der Waals surface area contributed by atoms with Gasteiger partial charge in [-0.25, -0.2) is 4.79 Å². The molecule has 1 heterocycles. The second kappa shape index (κ2) is 8.01. The Morgan fingerprint density at radius 2 is 1.81 bits per heavy atom. The van der Waals surface area contributed by atoms with Crippen LogP contribution in [0.25, 0.3) is 11.0 Å². The van der Waals surface area contributed by atoms with Gasteiger partial charge in [-0.3, -0.25) is 14.8 Å². The molecular formula is C19H16ClN3O4. The third-order valence-corrected chi connectivity index (χ3v) is 4.07. The topological polar surface area (TPSA) is 90.4 Å². The highest BCUT2D eigenvalue weighted by molar-refractivity contribution is 6.32. The fraction of sp³-hybridized carbons (Fsp3) is 0.158. The molecule has 3 aromatic rings. The fourth-order valence-electron chi connectivity index (χ4n) is 2.36. The molecule has 0 aliphatic carbocycles. The van der Waals surface area contributed by atoms with E-state index < -0.39 is 18.0 Å². The number of anilines is 1. The smallest absolute Gasteiger partial charge is 0.338 e. The minimum absolute atomic E-state index is 0.287. The van der Waals surface area contributed by atoms with Gasteiger partial charge in [0.05, 0.1) is 28.7 Å². The van der Waals surface area contributed by atoms with Gasteiger partial charge in [0.25, 0.3) is 5.91 Å². The number of amides is 1. The molecule has 1 atom stereocenters. The monoisotopic (exact) mass is 385 g/mol. The largest absolute Gasteiger partial charge is 0.495 e. The molecule has 0 fully saturated rings. The highest BCUT2D eigenvalue weighted by atomic mass is 35.5. The Kier molecular flexibility index (Phi) is 5.52. The first-order valence-electron chi connectivity index (χ1n) is 8.04. The number of hydrogen-bond acceptors (Lipinski definition) is 6. The summed E-state index contributed by atoms with van der Waals surface area (Å²) >= 11 is 6.03. The Balaban J connectivity index is 1.66. The first kappa shape index (κ1) is 18.6. The number of esters is 1. The van der Waals surface area contributed by atoms with Crippen LogP contribution in [0.5, 0.6) is 5.75 Å². The van der Waals surface area contributed by atoms with Crippen LogP contribution in [0.4, 0.5) is 5.69 Å². The summed E-state index contributed by atoms with van der Waals surface area (Å²) in [5.41, 5.74) is 1.98. The van der Waals surface area contributed by atoms with E-state index in [9.17, 15) is 9.59 Å². The molecule has 0 aliphatic heterocycles. The summed E-state index contributed by atoms with van der Waals surface area (Å²) in [5, 5.41) is 3.00. The van der Waals surface area contributed by atoms with Crippen molar-refractivity contribution in [2.75, 3.05) is 12.4 Å². The number of ether oxygens (including phenoxy) is 2. The number of fused-ring (bicyclic) bond motifs is 1. The third kappa shape index (κ3) is 4.32. The number of halogens is 1. The van der Waals surface area contributed by atoms with E-state index >= 15 is 0 Å². The average Bonchev–Trinajstić information content (AvgIpc) is 2.67. The second-order valence-corrected chi connectivity index (χ2v) is 6.05. The van der Waals surface area contributed by atoms with Gasteiger partial charge in [0.15, 0.2) is 6.10 Å². The van der Waals surface area contributed by atoms with Gasteiger partial charge in [0.2, 0.25) is 0 Å². The molecule has 2 aromatic carbocycles. The molecule has 0 aliphatic rings. The first-order valence-corrected chi connectivity index (χ1v) is 8.42. The van der Waals surface area contributed by atoms with Crippen LogP contribution in [-0.4, -0.2) is 35.1 Å². The zero-order chi connectivity index (χ0) is 19.4. The number of benzene rings is 2. The Hall–Kier alpha value is -3.19. The van der Waals surface area contributed by atoms with Crippen LogP contribution < -0.4 is 10.1 Å². The molecule has 0 spiro atoms. The fourth-order valence-corrected chi connectivity index (χ4v) is 2.62. The zero-order valence-electron chi connectivity index (χ0n) is 14.6. The summed E-state index contributed by atoms with van der Waals surface area (Å²) in [5.74, 6) is -0.614. The molecule has 0 saturated carbocycles.